The molecule has 0 aliphatic rings. The van der Waals surface area contributed by atoms with Crippen LogP contribution in [0.4, 0.5) is 0 Å². The number of hydrogen-bond acceptors (Lipinski definition) is 3. The van der Waals surface area contributed by atoms with E-state index in [0.717, 1.165) is 45.0 Å². The highest BCUT2D eigenvalue weighted by molar-refractivity contribution is 6.09. The van der Waals surface area contributed by atoms with Gasteiger partial charge in [-0.1, -0.05) is 84.9 Å². The van der Waals surface area contributed by atoms with Gasteiger partial charge in [-0.05, 0) is 94.5 Å². The summed E-state index contributed by atoms with van der Waals surface area (Å²) in [4.78, 5) is 4.72. The van der Waals surface area contributed by atoms with Crippen molar-refractivity contribution < 1.29 is 4.74 Å². The lowest BCUT2D eigenvalue weighted by Crippen LogP contribution is -2.14. The monoisotopic (exact) mass is 632 g/mol. The van der Waals surface area contributed by atoms with E-state index in [1.807, 2.05) is 47.4 Å². The summed E-state index contributed by atoms with van der Waals surface area (Å²) in [7, 11) is 0. The molecule has 0 aliphatic heterocycles. The summed E-state index contributed by atoms with van der Waals surface area (Å²) in [5.74, 6) is 3.18. The average molecular weight is 633 g/mol. The summed E-state index contributed by atoms with van der Waals surface area (Å²) >= 11 is 0. The molecule has 0 saturated carbocycles. The topological polar surface area (TPSA) is 44.9 Å². The molecule has 0 saturated heterocycles. The summed E-state index contributed by atoms with van der Waals surface area (Å²) in [6.45, 7) is 18.1. The second kappa shape index (κ2) is 12.1. The van der Waals surface area contributed by atoms with Crippen molar-refractivity contribution in [1.29, 1.82) is 0 Å². The van der Waals surface area contributed by atoms with Crippen LogP contribution in [0.5, 0.6) is 11.5 Å². The van der Waals surface area contributed by atoms with Crippen LogP contribution in [-0.4, -0.2) is 19.3 Å². The first-order chi connectivity index (χ1) is 23.0. The molecule has 5 heteroatoms. The van der Waals surface area contributed by atoms with Crippen LogP contribution < -0.4 is 4.74 Å². The number of rotatable bonds is 7. The van der Waals surface area contributed by atoms with E-state index in [9.17, 15) is 0 Å². The largest absolute Gasteiger partial charge is 0.457 e. The van der Waals surface area contributed by atoms with E-state index in [-0.39, 0.29) is 5.41 Å². The third-order valence-electron chi connectivity index (χ3n) is 9.27. The Morgan fingerprint density at radius 2 is 1.42 bits per heavy atom. The standard InChI is InChI=1S/C43H44N4O/c1-27(2)37-21-31(43(6,7)8)22-38(28(3)4)42(37)30-25-45-46(26-30)32-12-11-13-33(23-32)48-34-16-17-36-35-14-9-10-15-39(35)47(40(36)24-34)41-20-29(5)18-19-44-41/h9-28H,1-8H3. The first-order valence-corrected chi connectivity index (χ1v) is 17.0. The number of nitrogens with zero attached hydrogens (tertiary/aromatic N) is 4. The summed E-state index contributed by atoms with van der Waals surface area (Å²) in [5.41, 5.74) is 10.9. The van der Waals surface area contributed by atoms with Crippen LogP contribution in [0.1, 0.15) is 82.6 Å². The molecule has 0 radical (unpaired) electrons. The highest BCUT2D eigenvalue weighted by atomic mass is 16.5. The van der Waals surface area contributed by atoms with Crippen molar-refractivity contribution in [2.24, 2.45) is 0 Å². The van der Waals surface area contributed by atoms with Crippen LogP contribution in [-0.2, 0) is 5.41 Å². The predicted octanol–water partition coefficient (Wildman–Crippen LogP) is 11.7. The van der Waals surface area contributed by atoms with E-state index in [1.54, 1.807) is 0 Å². The smallest absolute Gasteiger partial charge is 0.137 e. The minimum atomic E-state index is 0.0784. The molecule has 0 fully saturated rings. The summed E-state index contributed by atoms with van der Waals surface area (Å²) < 4.78 is 10.7. The molecule has 48 heavy (non-hydrogen) atoms. The Balaban J connectivity index is 1.25. The number of hydrogen-bond donors (Lipinski definition) is 0. The molecule has 3 aromatic heterocycles. The van der Waals surface area contributed by atoms with Crippen LogP contribution in [0.2, 0.25) is 0 Å². The molecule has 3 heterocycles. The van der Waals surface area contributed by atoms with Crippen LogP contribution in [0.15, 0.2) is 110 Å². The van der Waals surface area contributed by atoms with Gasteiger partial charge in [0, 0.05) is 40.9 Å². The Kier molecular flexibility index (Phi) is 7.95. The van der Waals surface area contributed by atoms with E-state index in [1.165, 1.54) is 33.2 Å². The molecular weight excluding hydrogens is 589 g/mol. The molecule has 242 valence electrons. The minimum absolute atomic E-state index is 0.0784. The first kappa shape index (κ1) is 31.4. The maximum Gasteiger partial charge on any atom is 0.137 e. The molecule has 0 amide bonds. The first-order valence-electron chi connectivity index (χ1n) is 17.0. The van der Waals surface area contributed by atoms with Crippen molar-refractivity contribution >= 4 is 21.8 Å². The fourth-order valence-electron chi connectivity index (χ4n) is 6.69. The fourth-order valence-corrected chi connectivity index (χ4v) is 6.69. The summed E-state index contributed by atoms with van der Waals surface area (Å²) in [6, 6.07) is 31.9. The van der Waals surface area contributed by atoms with Crippen LogP contribution >= 0.6 is 0 Å². The van der Waals surface area contributed by atoms with Crippen molar-refractivity contribution in [2.75, 3.05) is 0 Å². The quantitative estimate of drug-likeness (QED) is 0.176. The fraction of sp³-hybridized carbons (Fsp3) is 0.256. The number of aromatic nitrogens is 4. The van der Waals surface area contributed by atoms with Gasteiger partial charge >= 0.3 is 0 Å². The van der Waals surface area contributed by atoms with Crippen molar-refractivity contribution in [3.63, 3.8) is 0 Å². The second-order valence-corrected chi connectivity index (χ2v) is 14.6. The van der Waals surface area contributed by atoms with Gasteiger partial charge in [0.25, 0.3) is 0 Å². The zero-order chi connectivity index (χ0) is 33.7. The number of fused-ring (bicyclic) bond motifs is 3. The molecule has 4 aromatic carbocycles. The highest BCUT2D eigenvalue weighted by Gasteiger charge is 2.23. The van der Waals surface area contributed by atoms with Crippen molar-refractivity contribution in [2.45, 2.75) is 72.6 Å². The van der Waals surface area contributed by atoms with E-state index in [2.05, 4.69) is 127 Å². The lowest BCUT2D eigenvalue weighted by atomic mass is 9.78. The zero-order valence-corrected chi connectivity index (χ0v) is 29.2. The van der Waals surface area contributed by atoms with E-state index in [0.29, 0.717) is 11.8 Å². The summed E-state index contributed by atoms with van der Waals surface area (Å²) in [6.07, 6.45) is 6.03. The molecule has 0 spiro atoms. The van der Waals surface area contributed by atoms with Crippen molar-refractivity contribution in [1.82, 2.24) is 19.3 Å². The molecule has 0 unspecified atom stereocenters. The minimum Gasteiger partial charge on any atom is -0.457 e. The van der Waals surface area contributed by atoms with Gasteiger partial charge in [-0.25, -0.2) is 9.67 Å². The maximum atomic E-state index is 6.52. The molecule has 5 nitrogen and oxygen atoms in total. The molecule has 7 rings (SSSR count). The van der Waals surface area contributed by atoms with Gasteiger partial charge in [0.15, 0.2) is 0 Å². The van der Waals surface area contributed by atoms with Gasteiger partial charge in [-0.3, -0.25) is 4.57 Å². The highest BCUT2D eigenvalue weighted by Crippen LogP contribution is 2.40. The summed E-state index contributed by atoms with van der Waals surface area (Å²) in [5, 5.41) is 7.20. The lowest BCUT2D eigenvalue weighted by molar-refractivity contribution is 0.483. The molecule has 0 aliphatic carbocycles. The number of aryl methyl sites for hydroxylation is 1. The maximum absolute atomic E-state index is 6.52. The third kappa shape index (κ3) is 5.79. The Labute approximate surface area is 283 Å². The average Bonchev–Trinajstić information content (AvgIpc) is 3.67. The second-order valence-electron chi connectivity index (χ2n) is 14.6. The van der Waals surface area contributed by atoms with Crippen molar-refractivity contribution in [3.05, 3.63) is 132 Å². The number of ether oxygens (including phenoxy) is 1. The lowest BCUT2D eigenvalue weighted by Gasteiger charge is -2.26. The predicted molar refractivity (Wildman–Crippen MR) is 199 cm³/mol. The van der Waals surface area contributed by atoms with Gasteiger partial charge < -0.3 is 4.74 Å². The number of benzene rings is 4. The number of para-hydroxylation sites is 1. The van der Waals surface area contributed by atoms with Crippen LogP contribution in [0, 0.1) is 6.92 Å². The van der Waals surface area contributed by atoms with Crippen LogP contribution in [0.3, 0.4) is 0 Å². The molecular formula is C43H44N4O. The Hall–Kier alpha value is -5.16. The normalized spacial score (nSPS) is 12.1. The van der Waals surface area contributed by atoms with E-state index < -0.39 is 0 Å². The van der Waals surface area contributed by atoms with Gasteiger partial charge in [0.05, 0.1) is 22.9 Å². The zero-order valence-electron chi connectivity index (χ0n) is 29.2. The van der Waals surface area contributed by atoms with Gasteiger partial charge in [0.2, 0.25) is 0 Å². The molecule has 0 atom stereocenters. The van der Waals surface area contributed by atoms with Gasteiger partial charge in [-0.2, -0.15) is 5.10 Å². The Morgan fingerprint density at radius 3 is 2.12 bits per heavy atom. The molecule has 7 aromatic rings. The Morgan fingerprint density at radius 1 is 0.708 bits per heavy atom. The SMILES string of the molecule is Cc1ccnc(-n2c3ccccc3c3ccc(Oc4cccc(-n5cc(-c6c(C(C)C)cc(C(C)(C)C)cc6C(C)C)cn5)c4)cc32)c1. The van der Waals surface area contributed by atoms with Gasteiger partial charge in [0.1, 0.15) is 17.3 Å². The molecule has 0 bridgehead atoms. The van der Waals surface area contributed by atoms with E-state index >= 15 is 0 Å². The van der Waals surface area contributed by atoms with Gasteiger partial charge in [-0.15, -0.1) is 0 Å². The van der Waals surface area contributed by atoms with Crippen molar-refractivity contribution in [3.8, 4) is 34.1 Å². The Bertz CT molecular complexity index is 2250. The van der Waals surface area contributed by atoms with Crippen LogP contribution in [0.25, 0.3) is 44.4 Å². The van der Waals surface area contributed by atoms with E-state index in [4.69, 9.17) is 14.8 Å². The third-order valence-corrected chi connectivity index (χ3v) is 9.27. The molecule has 0 N–H and O–H groups in total. The number of pyridine rings is 1.